The van der Waals surface area contributed by atoms with Crippen molar-refractivity contribution in [2.24, 2.45) is 0 Å². The van der Waals surface area contributed by atoms with Crippen molar-refractivity contribution in [3.8, 4) is 0 Å². The molecule has 0 aromatic rings. The van der Waals surface area contributed by atoms with Crippen LogP contribution in [0.25, 0.3) is 0 Å². The second kappa shape index (κ2) is 8.55. The third-order valence-electron chi connectivity index (χ3n) is 0.889. The maximum absolute atomic E-state index is 8.79. The van der Waals surface area contributed by atoms with Crippen molar-refractivity contribution in [3.63, 3.8) is 0 Å². The summed E-state index contributed by atoms with van der Waals surface area (Å²) in [6, 6.07) is 0. The molecule has 11 heavy (non-hydrogen) atoms. The molecule has 0 radical (unpaired) electrons. The molecular formula is C3H14O5Si3. The van der Waals surface area contributed by atoms with Crippen LogP contribution < -0.4 is 0 Å². The van der Waals surface area contributed by atoms with Gasteiger partial charge in [0.2, 0.25) is 0 Å². The van der Waals surface area contributed by atoms with Gasteiger partial charge in [0.1, 0.15) is 10.5 Å². The second-order valence-corrected chi connectivity index (χ2v) is 6.76. The fourth-order valence-corrected chi connectivity index (χ4v) is 3.69. The number of hydrogen-bond donors (Lipinski definition) is 2. The average molecular weight is 214 g/mol. The minimum atomic E-state index is -0.964. The van der Waals surface area contributed by atoms with Gasteiger partial charge in [-0.05, 0) is 0 Å². The number of rotatable bonds is 7. The Kier molecular flexibility index (Phi) is 8.90. The van der Waals surface area contributed by atoms with Crippen LogP contribution in [0.1, 0.15) is 0 Å². The molecule has 0 spiro atoms. The first-order valence-electron chi connectivity index (χ1n) is 3.24. The molecule has 1 unspecified atom stereocenters. The third-order valence-corrected chi connectivity index (χ3v) is 3.57. The first-order valence-corrected chi connectivity index (χ1v) is 6.37. The smallest absolute Gasteiger partial charge is 0.295 e. The SMILES string of the molecule is OCC(O)CO[SiH2]O[SiH2]O[SiH3]. The van der Waals surface area contributed by atoms with Crippen LogP contribution in [0.5, 0.6) is 0 Å². The van der Waals surface area contributed by atoms with Crippen molar-refractivity contribution in [2.75, 3.05) is 13.2 Å². The second-order valence-electron chi connectivity index (χ2n) is 1.94. The molecule has 0 saturated carbocycles. The molecule has 5 nitrogen and oxygen atoms in total. The highest BCUT2D eigenvalue weighted by Crippen LogP contribution is 1.81. The fraction of sp³-hybridized carbons (Fsp3) is 1.00. The highest BCUT2D eigenvalue weighted by atomic mass is 28.4. The molecule has 1 atom stereocenters. The summed E-state index contributed by atoms with van der Waals surface area (Å²) in [5.41, 5.74) is 0. The van der Waals surface area contributed by atoms with E-state index in [0.29, 0.717) is 0 Å². The Balaban J connectivity index is 2.89. The maximum Gasteiger partial charge on any atom is 0.295 e. The van der Waals surface area contributed by atoms with Gasteiger partial charge >= 0.3 is 0 Å². The van der Waals surface area contributed by atoms with Crippen LogP contribution in [0.4, 0.5) is 0 Å². The van der Waals surface area contributed by atoms with Gasteiger partial charge in [-0.15, -0.1) is 0 Å². The summed E-state index contributed by atoms with van der Waals surface area (Å²) in [5, 5.41) is 17.2. The van der Waals surface area contributed by atoms with Gasteiger partial charge in [-0.3, -0.25) is 0 Å². The van der Waals surface area contributed by atoms with Gasteiger partial charge in [0.15, 0.2) is 0 Å². The summed E-state index contributed by atoms with van der Waals surface area (Å²) >= 11 is 0. The molecule has 68 valence electrons. The van der Waals surface area contributed by atoms with Crippen LogP contribution in [-0.2, 0) is 12.7 Å². The normalized spacial score (nSPS) is 15.8. The Hall–Kier alpha value is 0.451. The van der Waals surface area contributed by atoms with Gasteiger partial charge in [0.25, 0.3) is 20.0 Å². The van der Waals surface area contributed by atoms with E-state index in [9.17, 15) is 0 Å². The maximum atomic E-state index is 8.79. The summed E-state index contributed by atoms with van der Waals surface area (Å²) < 4.78 is 14.9. The molecule has 0 amide bonds. The van der Waals surface area contributed by atoms with Crippen molar-refractivity contribution >= 4 is 30.5 Å². The van der Waals surface area contributed by atoms with Crippen molar-refractivity contribution in [1.82, 2.24) is 0 Å². The lowest BCUT2D eigenvalue weighted by Crippen LogP contribution is -2.22. The van der Waals surface area contributed by atoms with Crippen molar-refractivity contribution in [1.29, 1.82) is 0 Å². The monoisotopic (exact) mass is 214 g/mol. The van der Waals surface area contributed by atoms with Crippen LogP contribution >= 0.6 is 0 Å². The van der Waals surface area contributed by atoms with E-state index in [1.54, 1.807) is 0 Å². The van der Waals surface area contributed by atoms with Gasteiger partial charge in [0, 0.05) is 0 Å². The van der Waals surface area contributed by atoms with Gasteiger partial charge in [-0.25, -0.2) is 0 Å². The van der Waals surface area contributed by atoms with Gasteiger partial charge in [-0.2, -0.15) is 0 Å². The lowest BCUT2D eigenvalue weighted by molar-refractivity contribution is 0.0506. The van der Waals surface area contributed by atoms with E-state index in [-0.39, 0.29) is 13.2 Å². The van der Waals surface area contributed by atoms with Crippen LogP contribution in [0, 0.1) is 0 Å². The molecule has 0 rings (SSSR count). The zero-order chi connectivity index (χ0) is 8.53. The van der Waals surface area contributed by atoms with Crippen LogP contribution in [0.2, 0.25) is 0 Å². The summed E-state index contributed by atoms with van der Waals surface area (Å²) in [5.74, 6) is 0. The molecule has 0 saturated heterocycles. The van der Waals surface area contributed by atoms with Crippen molar-refractivity contribution < 1.29 is 22.9 Å². The first kappa shape index (κ1) is 11.5. The molecule has 0 heterocycles. The predicted octanol–water partition coefficient (Wildman–Crippen LogP) is -4.33. The zero-order valence-corrected chi connectivity index (χ0v) is 11.4. The van der Waals surface area contributed by atoms with E-state index >= 15 is 0 Å². The Labute approximate surface area is 73.3 Å². The quantitative estimate of drug-likeness (QED) is 0.331. The molecule has 0 fully saturated rings. The van der Waals surface area contributed by atoms with Gasteiger partial charge in [0.05, 0.1) is 19.3 Å². The Morgan fingerprint density at radius 1 is 1.45 bits per heavy atom. The summed E-state index contributed by atoms with van der Waals surface area (Å²) in [6.07, 6.45) is -0.773. The van der Waals surface area contributed by atoms with E-state index in [0.717, 1.165) is 10.5 Å². The minimum absolute atomic E-state index is 0.165. The topological polar surface area (TPSA) is 68.2 Å². The van der Waals surface area contributed by atoms with Gasteiger partial charge in [-0.1, -0.05) is 0 Å². The molecule has 0 aliphatic rings. The van der Waals surface area contributed by atoms with E-state index in [1.165, 1.54) is 0 Å². The highest BCUT2D eigenvalue weighted by molar-refractivity contribution is 6.37. The lowest BCUT2D eigenvalue weighted by Gasteiger charge is -2.07. The van der Waals surface area contributed by atoms with E-state index in [1.807, 2.05) is 0 Å². The number of aliphatic hydroxyl groups is 2. The van der Waals surface area contributed by atoms with Crippen LogP contribution in [0.15, 0.2) is 0 Å². The Bertz CT molecular complexity index is 83.4. The predicted molar refractivity (Wildman–Crippen MR) is 48.2 cm³/mol. The number of hydrogen-bond acceptors (Lipinski definition) is 5. The molecule has 0 aliphatic heterocycles. The van der Waals surface area contributed by atoms with Crippen LogP contribution in [-0.4, -0.2) is 60.0 Å². The van der Waals surface area contributed by atoms with Crippen LogP contribution in [0.3, 0.4) is 0 Å². The summed E-state index contributed by atoms with van der Waals surface area (Å²) in [7, 11) is -1.02. The highest BCUT2D eigenvalue weighted by Gasteiger charge is 2.00. The molecule has 0 bridgehead atoms. The molecule has 8 heteroatoms. The van der Waals surface area contributed by atoms with E-state index in [4.69, 9.17) is 22.9 Å². The van der Waals surface area contributed by atoms with Crippen molar-refractivity contribution in [2.45, 2.75) is 6.10 Å². The first-order chi connectivity index (χ1) is 5.31. The standard InChI is InChI=1S/C3H14O5Si3/c4-1-3(5)2-6-10-8-11-7-9/h3-5H,1-2,10-11H2,9H3. The average Bonchev–Trinajstić information content (AvgIpc) is 2.04. The molecular weight excluding hydrogens is 200 g/mol. The molecule has 2 N–H and O–H groups in total. The van der Waals surface area contributed by atoms with Gasteiger partial charge < -0.3 is 22.9 Å². The van der Waals surface area contributed by atoms with Crippen molar-refractivity contribution in [3.05, 3.63) is 0 Å². The van der Waals surface area contributed by atoms with E-state index < -0.39 is 26.1 Å². The third kappa shape index (κ3) is 8.36. The Morgan fingerprint density at radius 3 is 2.73 bits per heavy atom. The minimum Gasteiger partial charge on any atom is -0.449 e. The molecule has 0 aromatic heterocycles. The van der Waals surface area contributed by atoms with E-state index in [2.05, 4.69) is 0 Å². The molecule has 0 aromatic carbocycles. The number of aliphatic hydroxyl groups excluding tert-OH is 2. The summed E-state index contributed by atoms with van der Waals surface area (Å²) in [4.78, 5) is 0. The zero-order valence-electron chi connectivity index (χ0n) is 6.52. The Morgan fingerprint density at radius 2 is 2.18 bits per heavy atom. The fourth-order valence-electron chi connectivity index (χ4n) is 0.413. The largest absolute Gasteiger partial charge is 0.449 e. The summed E-state index contributed by atoms with van der Waals surface area (Å²) in [6.45, 7) is -0.0959. The molecule has 0 aliphatic carbocycles. The lowest BCUT2D eigenvalue weighted by atomic mass is 10.4.